The van der Waals surface area contributed by atoms with E-state index in [0.717, 1.165) is 25.7 Å². The number of hydrogen-bond acceptors (Lipinski definition) is 2. The van der Waals surface area contributed by atoms with E-state index in [1.807, 2.05) is 0 Å². The van der Waals surface area contributed by atoms with E-state index in [1.54, 1.807) is 27.7 Å². The normalized spacial score (nSPS) is 11.5. The first kappa shape index (κ1) is 50.4. The quantitative estimate of drug-likeness (QED) is 0.125. The topological polar surface area (TPSA) is 74.6 Å². The number of hydrogen-bond donors (Lipinski definition) is 2. The second kappa shape index (κ2) is 28.5. The molecule has 0 aromatic carbocycles. The molecule has 0 heterocycles. The molecule has 41 heavy (non-hydrogen) atoms. The van der Waals surface area contributed by atoms with Gasteiger partial charge in [0.1, 0.15) is 0 Å². The molecule has 4 radical (unpaired) electrons. The summed E-state index contributed by atoms with van der Waals surface area (Å²) >= 11 is 0. The minimum absolute atomic E-state index is 0. The van der Waals surface area contributed by atoms with Gasteiger partial charge in [-0.1, -0.05) is 146 Å². The van der Waals surface area contributed by atoms with E-state index in [4.69, 9.17) is 10.2 Å². The van der Waals surface area contributed by atoms with Crippen LogP contribution in [0.1, 0.15) is 200 Å². The van der Waals surface area contributed by atoms with Crippen LogP contribution < -0.4 is 0 Å². The van der Waals surface area contributed by atoms with Crippen molar-refractivity contribution >= 4 is 35.8 Å². The van der Waals surface area contributed by atoms with Crippen LogP contribution in [0.2, 0.25) is 0 Å². The van der Waals surface area contributed by atoms with Gasteiger partial charge in [0, 0.05) is 23.9 Å². The Kier molecular flexibility index (Phi) is 35.0. The van der Waals surface area contributed by atoms with Crippen molar-refractivity contribution in [3.05, 3.63) is 0 Å². The molecule has 0 atom stereocenters. The molecule has 0 aromatic heterocycles. The van der Waals surface area contributed by atoms with E-state index < -0.39 is 22.8 Å². The third-order valence-electron chi connectivity index (χ3n) is 7.07. The Hall–Kier alpha value is -0.261. The second-order valence-electron chi connectivity index (χ2n) is 15.3. The molecule has 0 saturated heterocycles. The molecule has 4 nitrogen and oxygen atoms in total. The van der Waals surface area contributed by atoms with E-state index in [1.165, 1.54) is 77.0 Å². The SMILES string of the molecule is CC(C)(C)CCC(C)(C)C(=O)O.CC(C)(C)CCC(C)(C)C(=O)O.CCCCCCCC.CCCCCCCC.[Sn]. The maximum absolute atomic E-state index is 10.7. The molecular formula is C36H76O4Sn. The minimum Gasteiger partial charge on any atom is -0.481 e. The van der Waals surface area contributed by atoms with Crippen molar-refractivity contribution in [2.75, 3.05) is 0 Å². The molecule has 0 saturated carbocycles. The molecule has 0 aliphatic heterocycles. The summed E-state index contributed by atoms with van der Waals surface area (Å²) in [6.07, 6.45) is 20.4. The predicted molar refractivity (Wildman–Crippen MR) is 184 cm³/mol. The number of aliphatic carboxylic acids is 2. The van der Waals surface area contributed by atoms with E-state index in [-0.39, 0.29) is 34.7 Å². The molecule has 248 valence electrons. The van der Waals surface area contributed by atoms with E-state index in [0.29, 0.717) is 0 Å². The van der Waals surface area contributed by atoms with Gasteiger partial charge in [-0.05, 0) is 64.2 Å². The summed E-state index contributed by atoms with van der Waals surface area (Å²) in [5, 5.41) is 17.7. The molecule has 0 spiro atoms. The summed E-state index contributed by atoms with van der Waals surface area (Å²) < 4.78 is 0. The number of unbranched alkanes of at least 4 members (excludes halogenated alkanes) is 10. The fraction of sp³-hybridized carbons (Fsp3) is 0.944. The maximum atomic E-state index is 10.7. The van der Waals surface area contributed by atoms with E-state index in [2.05, 4.69) is 69.2 Å². The molecule has 2 N–H and O–H groups in total. The van der Waals surface area contributed by atoms with Crippen molar-refractivity contribution in [3.8, 4) is 0 Å². The Morgan fingerprint density at radius 2 is 0.610 bits per heavy atom. The fourth-order valence-electron chi connectivity index (χ4n) is 3.30. The molecule has 5 heteroatoms. The third kappa shape index (κ3) is 44.3. The number of carbonyl (C=O) groups is 2. The summed E-state index contributed by atoms with van der Waals surface area (Å²) in [5.74, 6) is -1.40. The van der Waals surface area contributed by atoms with Crippen LogP contribution in [-0.2, 0) is 9.59 Å². The van der Waals surface area contributed by atoms with Gasteiger partial charge in [-0.15, -0.1) is 0 Å². The summed E-state index contributed by atoms with van der Waals surface area (Å²) in [5.41, 5.74) is -0.694. The molecule has 0 rings (SSSR count). The van der Waals surface area contributed by atoms with Gasteiger partial charge in [-0.2, -0.15) is 0 Å². The summed E-state index contributed by atoms with van der Waals surface area (Å²) in [6, 6.07) is 0. The molecule has 0 aromatic rings. The van der Waals surface area contributed by atoms with Crippen molar-refractivity contribution in [2.45, 2.75) is 200 Å². The first-order chi connectivity index (χ1) is 18.1. The zero-order valence-corrected chi connectivity index (χ0v) is 33.4. The van der Waals surface area contributed by atoms with Gasteiger partial charge >= 0.3 is 11.9 Å². The molecule has 0 bridgehead atoms. The van der Waals surface area contributed by atoms with Crippen molar-refractivity contribution < 1.29 is 19.8 Å². The zero-order valence-electron chi connectivity index (χ0n) is 30.5. The average molecular weight is 692 g/mol. The standard InChI is InChI=1S/2C10H20O2.2C8H18.Sn/c2*1-9(2,3)6-7-10(4,5)8(11)12;2*1-3-5-7-8-6-4-2;/h2*6-7H2,1-5H3,(H,11,12);2*3-8H2,1-2H3;. The maximum Gasteiger partial charge on any atom is 0.309 e. The molecule has 0 aliphatic rings. The Balaban J connectivity index is -0.000000142. The van der Waals surface area contributed by atoms with E-state index >= 15 is 0 Å². The number of rotatable bonds is 16. The zero-order chi connectivity index (χ0) is 32.5. The van der Waals surface area contributed by atoms with Crippen LogP contribution >= 0.6 is 0 Å². The van der Waals surface area contributed by atoms with Gasteiger partial charge in [0.25, 0.3) is 0 Å². The monoisotopic (exact) mass is 692 g/mol. The van der Waals surface area contributed by atoms with Crippen LogP contribution in [0.15, 0.2) is 0 Å². The van der Waals surface area contributed by atoms with Crippen LogP contribution in [0.4, 0.5) is 0 Å². The van der Waals surface area contributed by atoms with Crippen molar-refractivity contribution in [1.29, 1.82) is 0 Å². The Labute approximate surface area is 276 Å². The largest absolute Gasteiger partial charge is 0.481 e. The Morgan fingerprint density at radius 3 is 0.732 bits per heavy atom. The number of carboxylic acid groups (broad SMARTS) is 2. The van der Waals surface area contributed by atoms with Gasteiger partial charge in [-0.25, -0.2) is 0 Å². The molecule has 0 amide bonds. The Bertz CT molecular complexity index is 519. The molecule has 0 fully saturated rings. The van der Waals surface area contributed by atoms with Gasteiger partial charge < -0.3 is 10.2 Å². The predicted octanol–water partition coefficient (Wildman–Crippen LogP) is 12.2. The summed E-state index contributed by atoms with van der Waals surface area (Å²) in [7, 11) is 0. The van der Waals surface area contributed by atoms with Gasteiger partial charge in [0.2, 0.25) is 0 Å². The molecule has 0 unspecified atom stereocenters. The summed E-state index contributed by atoms with van der Waals surface area (Å²) in [4.78, 5) is 21.5. The van der Waals surface area contributed by atoms with Gasteiger partial charge in [0.05, 0.1) is 10.8 Å². The molecular weight excluding hydrogens is 615 g/mol. The van der Waals surface area contributed by atoms with Crippen molar-refractivity contribution in [1.82, 2.24) is 0 Å². The number of carboxylic acids is 2. The van der Waals surface area contributed by atoms with Crippen LogP contribution in [0.3, 0.4) is 0 Å². The smallest absolute Gasteiger partial charge is 0.309 e. The molecule has 0 aliphatic carbocycles. The van der Waals surface area contributed by atoms with Gasteiger partial charge in [-0.3, -0.25) is 9.59 Å². The Morgan fingerprint density at radius 1 is 0.415 bits per heavy atom. The minimum atomic E-state index is -0.702. The third-order valence-corrected chi connectivity index (χ3v) is 7.07. The van der Waals surface area contributed by atoms with Crippen LogP contribution in [0, 0.1) is 21.7 Å². The van der Waals surface area contributed by atoms with Crippen molar-refractivity contribution in [3.63, 3.8) is 0 Å². The first-order valence-electron chi connectivity index (χ1n) is 16.6. The second-order valence-corrected chi connectivity index (χ2v) is 15.3. The fourth-order valence-corrected chi connectivity index (χ4v) is 3.30. The van der Waals surface area contributed by atoms with E-state index in [9.17, 15) is 9.59 Å². The summed E-state index contributed by atoms with van der Waals surface area (Å²) in [6.45, 7) is 28.9. The van der Waals surface area contributed by atoms with Gasteiger partial charge in [0.15, 0.2) is 0 Å². The van der Waals surface area contributed by atoms with Crippen LogP contribution in [0.25, 0.3) is 0 Å². The first-order valence-corrected chi connectivity index (χ1v) is 16.6. The average Bonchev–Trinajstić information content (AvgIpc) is 2.82. The van der Waals surface area contributed by atoms with Crippen molar-refractivity contribution in [2.24, 2.45) is 21.7 Å². The van der Waals surface area contributed by atoms with Crippen LogP contribution in [-0.4, -0.2) is 46.1 Å². The van der Waals surface area contributed by atoms with Crippen LogP contribution in [0.5, 0.6) is 0 Å².